The third kappa shape index (κ3) is 9.92. The van der Waals surface area contributed by atoms with Crippen molar-refractivity contribution < 1.29 is 34.2 Å². The van der Waals surface area contributed by atoms with E-state index in [9.17, 15) is 24.0 Å². The van der Waals surface area contributed by atoms with Crippen molar-refractivity contribution in [3.8, 4) is 0 Å². The van der Waals surface area contributed by atoms with Crippen LogP contribution in [0, 0.1) is 5.92 Å². The zero-order chi connectivity index (χ0) is 23.4. The molecule has 7 N–H and O–H groups in total. The zero-order valence-corrected chi connectivity index (χ0v) is 18.5. The van der Waals surface area contributed by atoms with E-state index >= 15 is 0 Å². The van der Waals surface area contributed by atoms with Crippen LogP contribution in [0.1, 0.15) is 40.0 Å². The van der Waals surface area contributed by atoms with Crippen LogP contribution < -0.4 is 21.7 Å². The number of hydrogen-bond donors (Lipinski definition) is 6. The van der Waals surface area contributed by atoms with Crippen LogP contribution >= 0.6 is 11.8 Å². The Hall–Kier alpha value is -2.34. The van der Waals surface area contributed by atoms with Gasteiger partial charge >= 0.3 is 11.9 Å². The van der Waals surface area contributed by atoms with E-state index in [0.29, 0.717) is 12.2 Å². The summed E-state index contributed by atoms with van der Waals surface area (Å²) in [6.45, 7) is 5.07. The molecule has 0 saturated heterocycles. The Morgan fingerprint density at radius 2 is 1.50 bits per heavy atom. The van der Waals surface area contributed by atoms with Gasteiger partial charge in [-0.25, -0.2) is 4.79 Å². The second-order valence-electron chi connectivity index (χ2n) is 7.00. The Labute approximate surface area is 179 Å². The summed E-state index contributed by atoms with van der Waals surface area (Å²) in [5, 5.41) is 25.2. The molecule has 11 nitrogen and oxygen atoms in total. The molecule has 0 aliphatic rings. The van der Waals surface area contributed by atoms with E-state index in [-0.39, 0.29) is 12.3 Å². The molecular weight excluding hydrogens is 416 g/mol. The van der Waals surface area contributed by atoms with Crippen LogP contribution in [0.5, 0.6) is 0 Å². The number of thioether (sulfide) groups is 1. The summed E-state index contributed by atoms with van der Waals surface area (Å²) in [5.41, 5.74) is 5.55. The maximum atomic E-state index is 12.8. The maximum Gasteiger partial charge on any atom is 0.326 e. The number of hydrogen-bond acceptors (Lipinski definition) is 7. The van der Waals surface area contributed by atoms with Gasteiger partial charge < -0.3 is 31.9 Å². The highest BCUT2D eigenvalue weighted by atomic mass is 32.2. The molecule has 0 saturated carbocycles. The molecule has 0 aliphatic heterocycles. The molecule has 0 aromatic heterocycles. The SMILES string of the molecule is CCC(C)C(NC(=O)C(C)N)C(=O)NC(CCSC)C(=O)NC(CC(=O)O)C(=O)O. The van der Waals surface area contributed by atoms with Gasteiger partial charge in [-0.15, -0.1) is 0 Å². The molecule has 0 fully saturated rings. The van der Waals surface area contributed by atoms with Crippen molar-refractivity contribution in [1.29, 1.82) is 0 Å². The van der Waals surface area contributed by atoms with Crippen molar-refractivity contribution in [2.45, 2.75) is 64.2 Å². The molecule has 0 radical (unpaired) electrons. The standard InChI is InChI=1S/C18H32N4O7S/c1-5-9(2)14(22-15(25)10(3)19)17(27)20-11(6-7-30-4)16(26)21-12(18(28)29)8-13(23)24/h9-12,14H,5-8,19H2,1-4H3,(H,20,27)(H,21,26)(H,22,25)(H,23,24)(H,28,29). The van der Waals surface area contributed by atoms with Crippen molar-refractivity contribution >= 4 is 41.4 Å². The Balaban J connectivity index is 5.45. The molecule has 0 bridgehead atoms. The molecular formula is C18H32N4O7S. The van der Waals surface area contributed by atoms with Gasteiger partial charge in [-0.2, -0.15) is 11.8 Å². The first-order valence-electron chi connectivity index (χ1n) is 9.54. The van der Waals surface area contributed by atoms with Crippen molar-refractivity contribution in [3.05, 3.63) is 0 Å². The van der Waals surface area contributed by atoms with Crippen LogP contribution in [0.25, 0.3) is 0 Å². The molecule has 5 atom stereocenters. The summed E-state index contributed by atoms with van der Waals surface area (Å²) < 4.78 is 0. The van der Waals surface area contributed by atoms with Gasteiger partial charge in [0.1, 0.15) is 18.1 Å². The minimum atomic E-state index is -1.63. The van der Waals surface area contributed by atoms with E-state index in [0.717, 1.165) is 0 Å². The van der Waals surface area contributed by atoms with E-state index in [1.165, 1.54) is 18.7 Å². The van der Waals surface area contributed by atoms with Gasteiger partial charge in [0.2, 0.25) is 17.7 Å². The van der Waals surface area contributed by atoms with Gasteiger partial charge in [0.25, 0.3) is 0 Å². The van der Waals surface area contributed by atoms with E-state index in [2.05, 4.69) is 16.0 Å². The van der Waals surface area contributed by atoms with Crippen molar-refractivity contribution in [2.75, 3.05) is 12.0 Å². The molecule has 12 heteroatoms. The van der Waals surface area contributed by atoms with Gasteiger partial charge in [-0.05, 0) is 31.3 Å². The van der Waals surface area contributed by atoms with Gasteiger partial charge in [0.05, 0.1) is 12.5 Å². The lowest BCUT2D eigenvalue weighted by atomic mass is 9.97. The summed E-state index contributed by atoms with van der Waals surface area (Å²) in [5.74, 6) is -4.60. The third-order valence-electron chi connectivity index (χ3n) is 4.44. The highest BCUT2D eigenvalue weighted by Crippen LogP contribution is 2.10. The molecule has 0 heterocycles. The second-order valence-corrected chi connectivity index (χ2v) is 7.99. The number of carbonyl (C=O) groups excluding carboxylic acids is 3. The van der Waals surface area contributed by atoms with Gasteiger partial charge in [-0.1, -0.05) is 20.3 Å². The quantitative estimate of drug-likeness (QED) is 0.197. The fourth-order valence-corrected chi connectivity index (χ4v) is 2.87. The van der Waals surface area contributed by atoms with Gasteiger partial charge in [0.15, 0.2) is 0 Å². The molecule has 172 valence electrons. The summed E-state index contributed by atoms with van der Waals surface area (Å²) in [7, 11) is 0. The van der Waals surface area contributed by atoms with Crippen LogP contribution in [0.15, 0.2) is 0 Å². The Kier molecular flexibility index (Phi) is 12.7. The summed E-state index contributed by atoms with van der Waals surface area (Å²) in [6, 6.07) is -4.49. The Bertz CT molecular complexity index is 630. The van der Waals surface area contributed by atoms with Crippen LogP contribution in [0.4, 0.5) is 0 Å². The Morgan fingerprint density at radius 1 is 0.933 bits per heavy atom. The van der Waals surface area contributed by atoms with Crippen LogP contribution in [0.3, 0.4) is 0 Å². The molecule has 30 heavy (non-hydrogen) atoms. The van der Waals surface area contributed by atoms with Crippen LogP contribution in [-0.4, -0.2) is 76.0 Å². The molecule has 5 unspecified atom stereocenters. The van der Waals surface area contributed by atoms with Gasteiger partial charge in [0, 0.05) is 0 Å². The minimum Gasteiger partial charge on any atom is -0.481 e. The summed E-state index contributed by atoms with van der Waals surface area (Å²) >= 11 is 1.42. The van der Waals surface area contributed by atoms with Crippen LogP contribution in [0.2, 0.25) is 0 Å². The number of nitrogens with two attached hydrogens (primary N) is 1. The van der Waals surface area contributed by atoms with Crippen molar-refractivity contribution in [2.24, 2.45) is 11.7 Å². The monoisotopic (exact) mass is 448 g/mol. The fourth-order valence-electron chi connectivity index (χ4n) is 2.40. The highest BCUT2D eigenvalue weighted by Gasteiger charge is 2.32. The molecule has 0 aromatic carbocycles. The average molecular weight is 449 g/mol. The first-order valence-corrected chi connectivity index (χ1v) is 10.9. The molecule has 0 spiro atoms. The number of nitrogens with one attached hydrogen (secondary N) is 3. The lowest BCUT2D eigenvalue weighted by molar-refractivity contribution is -0.147. The summed E-state index contributed by atoms with van der Waals surface area (Å²) in [4.78, 5) is 59.4. The third-order valence-corrected chi connectivity index (χ3v) is 5.09. The van der Waals surface area contributed by atoms with Crippen molar-refractivity contribution in [1.82, 2.24) is 16.0 Å². The second kappa shape index (κ2) is 13.8. The van der Waals surface area contributed by atoms with Crippen LogP contribution in [-0.2, 0) is 24.0 Å². The normalized spacial score (nSPS) is 15.8. The number of carbonyl (C=O) groups is 5. The number of carboxylic acid groups (broad SMARTS) is 2. The van der Waals surface area contributed by atoms with E-state index in [1.807, 2.05) is 6.92 Å². The molecule has 0 aliphatic carbocycles. The minimum absolute atomic E-state index is 0.187. The molecule has 3 amide bonds. The first-order chi connectivity index (χ1) is 13.9. The lowest BCUT2D eigenvalue weighted by Gasteiger charge is -2.27. The molecule has 0 rings (SSSR count). The fraction of sp³-hybridized carbons (Fsp3) is 0.722. The average Bonchev–Trinajstić information content (AvgIpc) is 2.66. The van der Waals surface area contributed by atoms with Gasteiger partial charge in [-0.3, -0.25) is 19.2 Å². The Morgan fingerprint density at radius 3 is 1.93 bits per heavy atom. The number of amides is 3. The zero-order valence-electron chi connectivity index (χ0n) is 17.6. The number of carboxylic acids is 2. The first kappa shape index (κ1) is 27.7. The largest absolute Gasteiger partial charge is 0.481 e. The maximum absolute atomic E-state index is 12.8. The summed E-state index contributed by atoms with van der Waals surface area (Å²) in [6.07, 6.45) is 1.75. The smallest absolute Gasteiger partial charge is 0.326 e. The predicted molar refractivity (Wildman–Crippen MR) is 112 cm³/mol. The number of rotatable bonds is 14. The van der Waals surface area contributed by atoms with E-state index in [4.69, 9.17) is 15.9 Å². The highest BCUT2D eigenvalue weighted by molar-refractivity contribution is 7.98. The van der Waals surface area contributed by atoms with Crippen molar-refractivity contribution in [3.63, 3.8) is 0 Å². The predicted octanol–water partition coefficient (Wildman–Crippen LogP) is -0.853. The van der Waals surface area contributed by atoms with E-state index in [1.54, 1.807) is 13.2 Å². The number of aliphatic carboxylic acids is 2. The van der Waals surface area contributed by atoms with E-state index < -0.39 is 60.2 Å². The topological polar surface area (TPSA) is 188 Å². The molecule has 0 aromatic rings. The lowest BCUT2D eigenvalue weighted by Crippen LogP contribution is -2.58.